The zero-order valence-electron chi connectivity index (χ0n) is 6.54. The summed E-state index contributed by atoms with van der Waals surface area (Å²) in [6, 6.07) is 0. The van der Waals surface area contributed by atoms with E-state index in [0.29, 0.717) is 6.42 Å². The molecule has 6 heteroatoms. The second kappa shape index (κ2) is 2.88. The molecule has 1 unspecified atom stereocenters. The van der Waals surface area contributed by atoms with E-state index in [1.54, 1.807) is 6.92 Å². The van der Waals surface area contributed by atoms with Gasteiger partial charge in [0.25, 0.3) is 0 Å². The molecule has 0 aromatic heterocycles. The van der Waals surface area contributed by atoms with Gasteiger partial charge in [-0.15, -0.1) is 0 Å². The third-order valence-electron chi connectivity index (χ3n) is 1.87. The van der Waals surface area contributed by atoms with Crippen LogP contribution in [0.4, 0.5) is 0 Å². The highest BCUT2D eigenvalue weighted by Gasteiger charge is 2.43. The Labute approximate surface area is 75.3 Å². The second-order valence-corrected chi connectivity index (χ2v) is 5.91. The van der Waals surface area contributed by atoms with Gasteiger partial charge in [-0.25, -0.2) is 8.42 Å². The molecule has 0 radical (unpaired) electrons. The van der Waals surface area contributed by atoms with Crippen LogP contribution in [0, 0.1) is 5.41 Å². The Morgan fingerprint density at radius 3 is 2.58 bits per heavy atom. The standard InChI is InChI=1S/C6H9ClO4S/c1-6(4-12(7,9)10)2-3-11-5(6)8/h2-4H2,1H3. The van der Waals surface area contributed by atoms with Crippen molar-refractivity contribution in [1.29, 1.82) is 0 Å². The van der Waals surface area contributed by atoms with Gasteiger partial charge in [0.1, 0.15) is 0 Å². The van der Waals surface area contributed by atoms with Crippen molar-refractivity contribution in [3.8, 4) is 0 Å². The van der Waals surface area contributed by atoms with Crippen LogP contribution in [0.3, 0.4) is 0 Å². The molecule has 0 bridgehead atoms. The van der Waals surface area contributed by atoms with Gasteiger partial charge in [0.15, 0.2) is 0 Å². The molecule has 1 atom stereocenters. The van der Waals surface area contributed by atoms with Gasteiger partial charge in [-0.1, -0.05) is 0 Å². The Bertz CT molecular complexity index is 297. The zero-order valence-corrected chi connectivity index (χ0v) is 8.11. The maximum atomic E-state index is 11.0. The largest absolute Gasteiger partial charge is 0.465 e. The highest BCUT2D eigenvalue weighted by atomic mass is 35.7. The van der Waals surface area contributed by atoms with Gasteiger partial charge in [-0.05, 0) is 13.3 Å². The van der Waals surface area contributed by atoms with Crippen molar-refractivity contribution < 1.29 is 17.9 Å². The van der Waals surface area contributed by atoms with Crippen LogP contribution < -0.4 is 0 Å². The third-order valence-corrected chi connectivity index (χ3v) is 3.18. The van der Waals surface area contributed by atoms with Gasteiger partial charge in [0, 0.05) is 10.7 Å². The van der Waals surface area contributed by atoms with Gasteiger partial charge >= 0.3 is 5.97 Å². The maximum absolute atomic E-state index is 11.0. The molecule has 1 heterocycles. The number of hydrogen-bond acceptors (Lipinski definition) is 4. The second-order valence-electron chi connectivity index (χ2n) is 3.13. The highest BCUT2D eigenvalue weighted by Crippen LogP contribution is 2.31. The monoisotopic (exact) mass is 212 g/mol. The average molecular weight is 213 g/mol. The summed E-state index contributed by atoms with van der Waals surface area (Å²) in [5, 5.41) is 0. The van der Waals surface area contributed by atoms with Gasteiger partial charge < -0.3 is 4.74 Å². The SMILES string of the molecule is CC1(CS(=O)(=O)Cl)CCOC1=O. The number of rotatable bonds is 2. The quantitative estimate of drug-likeness (QED) is 0.494. The van der Waals surface area contributed by atoms with E-state index in [-0.39, 0.29) is 12.4 Å². The fourth-order valence-corrected chi connectivity index (χ4v) is 2.90. The van der Waals surface area contributed by atoms with Gasteiger partial charge in [0.05, 0.1) is 17.8 Å². The molecule has 70 valence electrons. The third kappa shape index (κ3) is 2.10. The lowest BCUT2D eigenvalue weighted by atomic mass is 9.92. The number of halogens is 1. The Morgan fingerprint density at radius 1 is 1.67 bits per heavy atom. The van der Waals surface area contributed by atoms with E-state index in [1.807, 2.05) is 0 Å². The van der Waals surface area contributed by atoms with Crippen LogP contribution in [-0.2, 0) is 18.6 Å². The van der Waals surface area contributed by atoms with E-state index in [1.165, 1.54) is 0 Å². The molecule has 1 rings (SSSR count). The van der Waals surface area contributed by atoms with Gasteiger partial charge in [-0.3, -0.25) is 4.79 Å². The zero-order chi connectivity index (χ0) is 9.41. The van der Waals surface area contributed by atoms with Crippen molar-refractivity contribution in [3.63, 3.8) is 0 Å². The topological polar surface area (TPSA) is 60.4 Å². The molecule has 0 aromatic rings. The number of carbonyl (C=O) groups excluding carboxylic acids is 1. The average Bonchev–Trinajstić information content (AvgIpc) is 2.08. The predicted octanol–water partition coefficient (Wildman–Crippen LogP) is 0.508. The normalized spacial score (nSPS) is 30.3. The van der Waals surface area contributed by atoms with Crippen LogP contribution in [-0.4, -0.2) is 26.7 Å². The molecule has 0 spiro atoms. The Morgan fingerprint density at radius 2 is 2.25 bits per heavy atom. The van der Waals surface area contributed by atoms with Crippen LogP contribution >= 0.6 is 10.7 Å². The Balaban J connectivity index is 2.80. The van der Waals surface area contributed by atoms with E-state index in [2.05, 4.69) is 4.74 Å². The summed E-state index contributed by atoms with van der Waals surface area (Å²) in [5.41, 5.74) is -0.944. The predicted molar refractivity (Wildman–Crippen MR) is 43.3 cm³/mol. The molecule has 0 aliphatic carbocycles. The van der Waals surface area contributed by atoms with Crippen molar-refractivity contribution in [2.75, 3.05) is 12.4 Å². The molecule has 0 N–H and O–H groups in total. The highest BCUT2D eigenvalue weighted by molar-refractivity contribution is 8.13. The fraction of sp³-hybridized carbons (Fsp3) is 0.833. The van der Waals surface area contributed by atoms with E-state index in [0.717, 1.165) is 0 Å². The summed E-state index contributed by atoms with van der Waals surface area (Å²) in [4.78, 5) is 11.0. The molecule has 1 saturated heterocycles. The smallest absolute Gasteiger partial charge is 0.313 e. The van der Waals surface area contributed by atoms with Crippen molar-refractivity contribution in [2.45, 2.75) is 13.3 Å². The summed E-state index contributed by atoms with van der Waals surface area (Å²) in [6.07, 6.45) is 0.414. The van der Waals surface area contributed by atoms with E-state index >= 15 is 0 Å². The van der Waals surface area contributed by atoms with E-state index in [9.17, 15) is 13.2 Å². The minimum Gasteiger partial charge on any atom is -0.465 e. The summed E-state index contributed by atoms with van der Waals surface area (Å²) < 4.78 is 26.0. The van der Waals surface area contributed by atoms with Gasteiger partial charge in [-0.2, -0.15) is 0 Å². The molecule has 1 aliphatic rings. The lowest BCUT2D eigenvalue weighted by Crippen LogP contribution is -2.29. The summed E-state index contributed by atoms with van der Waals surface area (Å²) in [5.74, 6) is -0.827. The maximum Gasteiger partial charge on any atom is 0.313 e. The molecule has 4 nitrogen and oxygen atoms in total. The van der Waals surface area contributed by atoms with Crippen LogP contribution in [0.5, 0.6) is 0 Å². The molecule has 0 amide bonds. The first kappa shape index (κ1) is 9.80. The van der Waals surface area contributed by atoms with Gasteiger partial charge in [0.2, 0.25) is 9.05 Å². The first-order valence-electron chi connectivity index (χ1n) is 3.43. The minimum atomic E-state index is -3.63. The van der Waals surface area contributed by atoms with Crippen molar-refractivity contribution in [1.82, 2.24) is 0 Å². The van der Waals surface area contributed by atoms with Crippen LogP contribution in [0.1, 0.15) is 13.3 Å². The molecular formula is C6H9ClO4S. The number of cyclic esters (lactones) is 1. The molecule has 1 fully saturated rings. The Hall–Kier alpha value is -0.290. The summed E-state index contributed by atoms with van der Waals surface area (Å²) in [6.45, 7) is 1.82. The minimum absolute atomic E-state index is 0.280. The first-order chi connectivity index (χ1) is 5.33. The first-order valence-corrected chi connectivity index (χ1v) is 5.91. The lowest BCUT2D eigenvalue weighted by molar-refractivity contribution is -0.144. The van der Waals surface area contributed by atoms with Crippen molar-refractivity contribution in [2.24, 2.45) is 5.41 Å². The fourth-order valence-electron chi connectivity index (χ4n) is 1.16. The van der Waals surface area contributed by atoms with Crippen LogP contribution in [0.15, 0.2) is 0 Å². The molecular weight excluding hydrogens is 204 g/mol. The number of ether oxygens (including phenoxy) is 1. The van der Waals surface area contributed by atoms with E-state index in [4.69, 9.17) is 10.7 Å². The van der Waals surface area contributed by atoms with Crippen LogP contribution in [0.25, 0.3) is 0 Å². The summed E-state index contributed by atoms with van der Waals surface area (Å²) in [7, 11) is 1.41. The number of carbonyl (C=O) groups is 1. The lowest BCUT2D eigenvalue weighted by Gasteiger charge is -2.15. The molecule has 0 aromatic carbocycles. The molecule has 12 heavy (non-hydrogen) atoms. The van der Waals surface area contributed by atoms with Crippen molar-refractivity contribution in [3.05, 3.63) is 0 Å². The van der Waals surface area contributed by atoms with Crippen LogP contribution in [0.2, 0.25) is 0 Å². The number of hydrogen-bond donors (Lipinski definition) is 0. The Kier molecular flexibility index (Phi) is 2.35. The summed E-state index contributed by atoms with van der Waals surface area (Å²) >= 11 is 0. The molecule has 0 saturated carbocycles. The van der Waals surface area contributed by atoms with Crippen molar-refractivity contribution >= 4 is 25.7 Å². The molecule has 1 aliphatic heterocycles. The number of esters is 1. The van der Waals surface area contributed by atoms with E-state index < -0.39 is 20.4 Å².